The van der Waals surface area contributed by atoms with E-state index in [2.05, 4.69) is 6.92 Å². The highest BCUT2D eigenvalue weighted by atomic mass is 16.5. The van der Waals surface area contributed by atoms with Crippen molar-refractivity contribution in [1.82, 2.24) is 0 Å². The molecule has 1 aromatic carbocycles. The van der Waals surface area contributed by atoms with Crippen LogP contribution in [0.3, 0.4) is 0 Å². The van der Waals surface area contributed by atoms with Gasteiger partial charge in [-0.05, 0) is 43.2 Å². The molecule has 0 saturated carbocycles. The second-order valence-electron chi connectivity index (χ2n) is 5.50. The molecule has 0 fully saturated rings. The number of nitrogens with zero attached hydrogens (tertiary/aromatic N) is 1. The number of furan rings is 1. The minimum absolute atomic E-state index is 0.0363. The van der Waals surface area contributed by atoms with Crippen molar-refractivity contribution in [3.63, 3.8) is 0 Å². The van der Waals surface area contributed by atoms with Gasteiger partial charge in [-0.3, -0.25) is 4.79 Å². The van der Waals surface area contributed by atoms with E-state index in [0.717, 1.165) is 12.8 Å². The van der Waals surface area contributed by atoms with Crippen LogP contribution in [-0.2, 0) is 0 Å². The van der Waals surface area contributed by atoms with Crippen molar-refractivity contribution in [2.45, 2.75) is 26.7 Å². The number of Topliss-reactive ketones (excluding diaryl/α,β-unsaturated/α-hetero) is 1. The maximum Gasteiger partial charge on any atom is 0.207 e. The zero-order chi connectivity index (χ0) is 18.2. The summed E-state index contributed by atoms with van der Waals surface area (Å²) in [4.78, 5) is 12.5. The highest BCUT2D eigenvalue weighted by molar-refractivity contribution is 6.14. The van der Waals surface area contributed by atoms with Crippen molar-refractivity contribution in [2.75, 3.05) is 13.7 Å². The Bertz CT molecular complexity index is 811. The Morgan fingerprint density at radius 2 is 2.12 bits per heavy atom. The minimum Gasteiger partial charge on any atom is -0.493 e. The van der Waals surface area contributed by atoms with Crippen LogP contribution in [0, 0.1) is 18.3 Å². The smallest absolute Gasteiger partial charge is 0.207 e. The Hall–Kier alpha value is -3.00. The summed E-state index contributed by atoms with van der Waals surface area (Å²) in [7, 11) is 1.57. The number of allylic oxidation sites excluding steroid dienone is 1. The summed E-state index contributed by atoms with van der Waals surface area (Å²) in [6.07, 6.45) is 4.94. The van der Waals surface area contributed by atoms with Crippen molar-refractivity contribution < 1.29 is 18.7 Å². The Morgan fingerprint density at radius 3 is 2.72 bits per heavy atom. The number of hydrogen-bond acceptors (Lipinski definition) is 5. The van der Waals surface area contributed by atoms with Gasteiger partial charge in [0.2, 0.25) is 5.78 Å². The van der Waals surface area contributed by atoms with E-state index in [0.29, 0.717) is 35.0 Å². The molecule has 0 N–H and O–H groups in total. The quantitative estimate of drug-likeness (QED) is 0.305. The Balaban J connectivity index is 2.31. The van der Waals surface area contributed by atoms with E-state index < -0.39 is 0 Å². The Labute approximate surface area is 147 Å². The zero-order valence-corrected chi connectivity index (χ0v) is 14.7. The van der Waals surface area contributed by atoms with E-state index in [9.17, 15) is 10.1 Å². The predicted octanol–water partition coefficient (Wildman–Crippen LogP) is 4.57. The first kappa shape index (κ1) is 18.3. The van der Waals surface area contributed by atoms with Gasteiger partial charge in [0, 0.05) is 0 Å². The molecule has 0 radical (unpaired) electrons. The van der Waals surface area contributed by atoms with E-state index >= 15 is 0 Å². The van der Waals surface area contributed by atoms with Gasteiger partial charge in [0.05, 0.1) is 25.5 Å². The van der Waals surface area contributed by atoms with Crippen LogP contribution in [0.25, 0.3) is 6.08 Å². The van der Waals surface area contributed by atoms with Gasteiger partial charge in [0.25, 0.3) is 0 Å². The number of unbranched alkanes of at least 4 members (excludes halogenated alkanes) is 1. The minimum atomic E-state index is -0.363. The summed E-state index contributed by atoms with van der Waals surface area (Å²) in [5.74, 6) is 1.33. The number of methoxy groups -OCH3 is 1. The molecule has 25 heavy (non-hydrogen) atoms. The first-order valence-electron chi connectivity index (χ1n) is 8.12. The summed E-state index contributed by atoms with van der Waals surface area (Å²) >= 11 is 0. The Morgan fingerprint density at radius 1 is 1.32 bits per heavy atom. The van der Waals surface area contributed by atoms with Gasteiger partial charge in [0.15, 0.2) is 11.5 Å². The molecule has 1 aromatic heterocycles. The highest BCUT2D eigenvalue weighted by Crippen LogP contribution is 2.29. The third-order valence-corrected chi connectivity index (χ3v) is 3.72. The molecule has 5 nitrogen and oxygen atoms in total. The molecule has 0 spiro atoms. The number of benzene rings is 1. The third-order valence-electron chi connectivity index (χ3n) is 3.72. The van der Waals surface area contributed by atoms with Crippen LogP contribution in [0.5, 0.6) is 11.5 Å². The Kier molecular flexibility index (Phi) is 6.41. The lowest BCUT2D eigenvalue weighted by molar-refractivity contribution is 0.103. The molecule has 5 heteroatoms. The topological polar surface area (TPSA) is 72.5 Å². The largest absolute Gasteiger partial charge is 0.493 e. The lowest BCUT2D eigenvalue weighted by Crippen LogP contribution is -2.02. The van der Waals surface area contributed by atoms with Gasteiger partial charge in [-0.1, -0.05) is 19.4 Å². The predicted molar refractivity (Wildman–Crippen MR) is 94.8 cm³/mol. The van der Waals surface area contributed by atoms with E-state index in [1.54, 1.807) is 44.4 Å². The van der Waals surface area contributed by atoms with Crippen LogP contribution < -0.4 is 9.47 Å². The van der Waals surface area contributed by atoms with E-state index in [4.69, 9.17) is 13.9 Å². The van der Waals surface area contributed by atoms with Crippen molar-refractivity contribution in [1.29, 1.82) is 5.26 Å². The summed E-state index contributed by atoms with van der Waals surface area (Å²) in [6, 6.07) is 8.83. The molecular formula is C20H21NO4. The molecule has 130 valence electrons. The van der Waals surface area contributed by atoms with Gasteiger partial charge in [-0.25, -0.2) is 0 Å². The first-order valence-corrected chi connectivity index (χ1v) is 8.12. The number of carbonyl (C=O) groups excluding carboxylic acids is 1. The second-order valence-corrected chi connectivity index (χ2v) is 5.50. The number of ether oxygens (including phenoxy) is 2. The fraction of sp³-hybridized carbons (Fsp3) is 0.300. The van der Waals surface area contributed by atoms with Crippen molar-refractivity contribution in [2.24, 2.45) is 0 Å². The molecule has 2 aromatic rings. The maximum absolute atomic E-state index is 12.5. The monoisotopic (exact) mass is 339 g/mol. The standard InChI is InChI=1S/C20H21NO4/c1-4-5-9-25-19-12-15(6-7-18(19)23-3)11-16(13-21)20(22)17-8-10-24-14(17)2/h6-8,10-12H,4-5,9H2,1-3H3/b16-11+. The zero-order valence-electron chi connectivity index (χ0n) is 14.7. The molecule has 0 bridgehead atoms. The van der Waals surface area contributed by atoms with E-state index in [1.165, 1.54) is 6.26 Å². The van der Waals surface area contributed by atoms with Crippen LogP contribution in [0.4, 0.5) is 0 Å². The molecule has 0 aliphatic heterocycles. The average molecular weight is 339 g/mol. The average Bonchev–Trinajstić information content (AvgIpc) is 3.05. The number of aryl methyl sites for hydroxylation is 1. The van der Waals surface area contributed by atoms with Crippen LogP contribution in [0.1, 0.15) is 41.4 Å². The lowest BCUT2D eigenvalue weighted by atomic mass is 10.0. The van der Waals surface area contributed by atoms with Gasteiger partial charge < -0.3 is 13.9 Å². The molecule has 0 saturated heterocycles. The highest BCUT2D eigenvalue weighted by Gasteiger charge is 2.17. The molecule has 1 heterocycles. The van der Waals surface area contributed by atoms with Gasteiger partial charge in [0.1, 0.15) is 17.4 Å². The molecule has 0 aliphatic rings. The molecule has 0 amide bonds. The third kappa shape index (κ3) is 4.51. The number of ketones is 1. The van der Waals surface area contributed by atoms with Gasteiger partial charge >= 0.3 is 0 Å². The number of rotatable bonds is 8. The van der Waals surface area contributed by atoms with Crippen molar-refractivity contribution in [3.8, 4) is 17.6 Å². The summed E-state index contributed by atoms with van der Waals surface area (Å²) in [5.41, 5.74) is 1.12. The fourth-order valence-corrected chi connectivity index (χ4v) is 2.30. The SMILES string of the molecule is CCCCOc1cc(/C=C(\C#N)C(=O)c2ccoc2C)ccc1OC. The molecular weight excluding hydrogens is 318 g/mol. The van der Waals surface area contributed by atoms with Gasteiger partial charge in [-0.15, -0.1) is 0 Å². The summed E-state index contributed by atoms with van der Waals surface area (Å²) in [5, 5.41) is 9.37. The maximum atomic E-state index is 12.5. The van der Waals surface area contributed by atoms with Crippen LogP contribution in [0.2, 0.25) is 0 Å². The summed E-state index contributed by atoms with van der Waals surface area (Å²) < 4.78 is 16.2. The van der Waals surface area contributed by atoms with Crippen molar-refractivity contribution >= 4 is 11.9 Å². The molecule has 0 atom stereocenters. The number of carbonyl (C=O) groups is 1. The van der Waals surface area contributed by atoms with Crippen LogP contribution >= 0.6 is 0 Å². The molecule has 0 aliphatic carbocycles. The molecule has 2 rings (SSSR count). The summed E-state index contributed by atoms with van der Waals surface area (Å²) in [6.45, 7) is 4.36. The van der Waals surface area contributed by atoms with Gasteiger partial charge in [-0.2, -0.15) is 5.26 Å². The fourth-order valence-electron chi connectivity index (χ4n) is 2.30. The first-order chi connectivity index (χ1) is 12.1. The lowest BCUT2D eigenvalue weighted by Gasteiger charge is -2.11. The normalized spacial score (nSPS) is 11.0. The van der Waals surface area contributed by atoms with Crippen molar-refractivity contribution in [3.05, 3.63) is 53.0 Å². The van der Waals surface area contributed by atoms with Crippen LogP contribution in [0.15, 0.2) is 40.5 Å². The number of hydrogen-bond donors (Lipinski definition) is 0. The number of nitriles is 1. The second kappa shape index (κ2) is 8.74. The van der Waals surface area contributed by atoms with Crippen LogP contribution in [-0.4, -0.2) is 19.5 Å². The van der Waals surface area contributed by atoms with E-state index in [-0.39, 0.29) is 11.4 Å². The van der Waals surface area contributed by atoms with E-state index in [1.807, 2.05) is 6.07 Å². The molecule has 0 unspecified atom stereocenters.